The zero-order valence-electron chi connectivity index (χ0n) is 14.2. The Morgan fingerprint density at radius 3 is 2.32 bits per heavy atom. The van der Waals surface area contributed by atoms with Crippen molar-refractivity contribution in [1.29, 1.82) is 0 Å². The van der Waals surface area contributed by atoms with E-state index in [-0.39, 0.29) is 0 Å². The van der Waals surface area contributed by atoms with Crippen LogP contribution < -0.4 is 0 Å². The van der Waals surface area contributed by atoms with Crippen molar-refractivity contribution in [3.8, 4) is 0 Å². The van der Waals surface area contributed by atoms with Gasteiger partial charge in [0.1, 0.15) is 0 Å². The molecule has 3 rings (SSSR count). The van der Waals surface area contributed by atoms with Crippen LogP contribution in [0.4, 0.5) is 0 Å². The van der Waals surface area contributed by atoms with Crippen molar-refractivity contribution in [2.24, 2.45) is 0 Å². The van der Waals surface area contributed by atoms with Gasteiger partial charge >= 0.3 is 0 Å². The van der Waals surface area contributed by atoms with Crippen molar-refractivity contribution >= 4 is 18.2 Å². The van der Waals surface area contributed by atoms with Crippen LogP contribution in [0.3, 0.4) is 0 Å². The highest BCUT2D eigenvalue weighted by molar-refractivity contribution is 7.80. The standard InChI is InChI=1S/C21H24S/c1-11-7-8-17-18(9-11)12(2)10-19(17)20-14(4)13(3)15(5)21(22)16(20)6/h7-9,19,22H,2,10H2,1,3-6H3. The lowest BCUT2D eigenvalue weighted by atomic mass is 9.83. The summed E-state index contributed by atoms with van der Waals surface area (Å²) in [6.45, 7) is 15.3. The number of benzene rings is 2. The smallest absolute Gasteiger partial charge is 0.0141 e. The van der Waals surface area contributed by atoms with E-state index >= 15 is 0 Å². The molecule has 0 heterocycles. The van der Waals surface area contributed by atoms with Crippen LogP contribution in [0.2, 0.25) is 0 Å². The molecule has 0 bridgehead atoms. The van der Waals surface area contributed by atoms with Gasteiger partial charge in [-0.1, -0.05) is 30.3 Å². The minimum absolute atomic E-state index is 0.424. The zero-order valence-corrected chi connectivity index (χ0v) is 15.1. The van der Waals surface area contributed by atoms with Crippen molar-refractivity contribution in [3.63, 3.8) is 0 Å². The second kappa shape index (κ2) is 5.31. The van der Waals surface area contributed by atoms with E-state index in [2.05, 4.69) is 59.4 Å². The van der Waals surface area contributed by atoms with Gasteiger partial charge in [0.25, 0.3) is 0 Å². The van der Waals surface area contributed by atoms with Crippen LogP contribution >= 0.6 is 12.6 Å². The lowest BCUT2D eigenvalue weighted by molar-refractivity contribution is 0.845. The molecule has 0 N–H and O–H groups in total. The summed E-state index contributed by atoms with van der Waals surface area (Å²) in [5, 5.41) is 0. The Morgan fingerprint density at radius 1 is 0.955 bits per heavy atom. The third kappa shape index (κ3) is 2.14. The van der Waals surface area contributed by atoms with Crippen molar-refractivity contribution in [2.75, 3.05) is 0 Å². The molecule has 0 aliphatic heterocycles. The molecule has 1 unspecified atom stereocenters. The van der Waals surface area contributed by atoms with Crippen LogP contribution in [0.5, 0.6) is 0 Å². The molecular formula is C21H24S. The van der Waals surface area contributed by atoms with E-state index in [1.807, 2.05) is 0 Å². The molecule has 0 saturated carbocycles. The minimum atomic E-state index is 0.424. The molecule has 0 saturated heterocycles. The Bertz CT molecular complexity index is 767. The normalized spacial score (nSPS) is 17.0. The third-order valence-corrected chi connectivity index (χ3v) is 6.08. The topological polar surface area (TPSA) is 0 Å². The van der Waals surface area contributed by atoms with E-state index in [4.69, 9.17) is 12.6 Å². The number of thiol groups is 1. The molecule has 2 aromatic carbocycles. The van der Waals surface area contributed by atoms with Gasteiger partial charge in [0.2, 0.25) is 0 Å². The summed E-state index contributed by atoms with van der Waals surface area (Å²) in [6, 6.07) is 6.79. The maximum atomic E-state index is 4.78. The van der Waals surface area contributed by atoms with Gasteiger partial charge in [0.15, 0.2) is 0 Å². The zero-order chi connectivity index (χ0) is 16.2. The maximum absolute atomic E-state index is 4.78. The van der Waals surface area contributed by atoms with Gasteiger partial charge in [-0.2, -0.15) is 0 Å². The molecule has 0 amide bonds. The van der Waals surface area contributed by atoms with Crippen LogP contribution in [-0.2, 0) is 0 Å². The van der Waals surface area contributed by atoms with Crippen LogP contribution in [0, 0.1) is 34.6 Å². The molecule has 114 valence electrons. The third-order valence-electron chi connectivity index (χ3n) is 5.41. The first-order valence-corrected chi connectivity index (χ1v) is 8.35. The predicted octanol–water partition coefficient (Wildman–Crippen LogP) is 6.07. The molecule has 0 fully saturated rings. The van der Waals surface area contributed by atoms with Gasteiger partial charge in [0, 0.05) is 10.8 Å². The fourth-order valence-corrected chi connectivity index (χ4v) is 4.17. The van der Waals surface area contributed by atoms with Crippen LogP contribution in [0.15, 0.2) is 29.7 Å². The molecule has 1 heteroatoms. The number of hydrogen-bond acceptors (Lipinski definition) is 1. The number of hydrogen-bond donors (Lipinski definition) is 1. The van der Waals surface area contributed by atoms with E-state index in [1.54, 1.807) is 0 Å². The van der Waals surface area contributed by atoms with Crippen LogP contribution in [-0.4, -0.2) is 0 Å². The molecule has 0 aromatic heterocycles. The lowest BCUT2D eigenvalue weighted by Gasteiger charge is -2.23. The first-order chi connectivity index (χ1) is 10.3. The Labute approximate surface area is 139 Å². The highest BCUT2D eigenvalue weighted by Crippen LogP contribution is 2.47. The first-order valence-electron chi connectivity index (χ1n) is 7.90. The second-order valence-corrected chi connectivity index (χ2v) is 7.16. The summed E-state index contributed by atoms with van der Waals surface area (Å²) >= 11 is 4.78. The largest absolute Gasteiger partial charge is 0.143 e. The second-order valence-electron chi connectivity index (χ2n) is 6.71. The van der Waals surface area contributed by atoms with Gasteiger partial charge in [-0.05, 0) is 85.6 Å². The highest BCUT2D eigenvalue weighted by atomic mass is 32.1. The van der Waals surface area contributed by atoms with Crippen molar-refractivity contribution < 1.29 is 0 Å². The van der Waals surface area contributed by atoms with Crippen LogP contribution in [0.1, 0.15) is 56.8 Å². The summed E-state index contributed by atoms with van der Waals surface area (Å²) < 4.78 is 0. The Balaban J connectivity index is 2.26. The quantitative estimate of drug-likeness (QED) is 0.608. The molecule has 0 spiro atoms. The summed E-state index contributed by atoms with van der Waals surface area (Å²) in [5.41, 5.74) is 12.2. The Morgan fingerprint density at radius 2 is 1.64 bits per heavy atom. The molecule has 1 atom stereocenters. The van der Waals surface area contributed by atoms with Crippen LogP contribution in [0.25, 0.3) is 5.57 Å². The van der Waals surface area contributed by atoms with Gasteiger partial charge in [0.05, 0.1) is 0 Å². The molecular weight excluding hydrogens is 284 g/mol. The number of aryl methyl sites for hydroxylation is 1. The number of rotatable bonds is 1. The van der Waals surface area contributed by atoms with Crippen molar-refractivity contribution in [1.82, 2.24) is 0 Å². The van der Waals surface area contributed by atoms with E-state index in [1.165, 1.54) is 50.1 Å². The monoisotopic (exact) mass is 308 g/mol. The predicted molar refractivity (Wildman–Crippen MR) is 99.3 cm³/mol. The fraction of sp³-hybridized carbons (Fsp3) is 0.333. The number of allylic oxidation sites excluding steroid dienone is 1. The van der Waals surface area contributed by atoms with Gasteiger partial charge in [-0.25, -0.2) is 0 Å². The van der Waals surface area contributed by atoms with E-state index in [0.29, 0.717) is 5.92 Å². The molecule has 0 nitrogen and oxygen atoms in total. The SMILES string of the molecule is C=C1CC(c2c(C)c(C)c(C)c(S)c2C)c2ccc(C)cc21. The summed E-state index contributed by atoms with van der Waals surface area (Å²) in [5.74, 6) is 0.424. The maximum Gasteiger partial charge on any atom is 0.0141 e. The van der Waals surface area contributed by atoms with Crippen molar-refractivity contribution in [2.45, 2.75) is 51.9 Å². The minimum Gasteiger partial charge on any atom is -0.143 e. The summed E-state index contributed by atoms with van der Waals surface area (Å²) in [6.07, 6.45) is 1.02. The summed E-state index contributed by atoms with van der Waals surface area (Å²) in [4.78, 5) is 1.14. The van der Waals surface area contributed by atoms with Crippen molar-refractivity contribution in [3.05, 3.63) is 69.3 Å². The summed E-state index contributed by atoms with van der Waals surface area (Å²) in [7, 11) is 0. The molecule has 1 aliphatic rings. The van der Waals surface area contributed by atoms with E-state index in [0.717, 1.165) is 11.3 Å². The molecule has 22 heavy (non-hydrogen) atoms. The Hall–Kier alpha value is -1.47. The number of fused-ring (bicyclic) bond motifs is 1. The average Bonchev–Trinajstić information content (AvgIpc) is 2.80. The average molecular weight is 308 g/mol. The van der Waals surface area contributed by atoms with Gasteiger partial charge in [-0.15, -0.1) is 12.6 Å². The molecule has 1 aliphatic carbocycles. The van der Waals surface area contributed by atoms with E-state index in [9.17, 15) is 0 Å². The van der Waals surface area contributed by atoms with E-state index < -0.39 is 0 Å². The first kappa shape index (κ1) is 15.4. The van der Waals surface area contributed by atoms with Gasteiger partial charge in [-0.3, -0.25) is 0 Å². The van der Waals surface area contributed by atoms with Gasteiger partial charge < -0.3 is 0 Å². The lowest BCUT2D eigenvalue weighted by Crippen LogP contribution is -2.06. The molecule has 0 radical (unpaired) electrons. The molecule has 2 aromatic rings. The fourth-order valence-electron chi connectivity index (χ4n) is 3.88. The highest BCUT2D eigenvalue weighted by Gasteiger charge is 2.30. The Kier molecular flexibility index (Phi) is 3.72.